The van der Waals surface area contributed by atoms with Crippen LogP contribution in [0.1, 0.15) is 33.1 Å². The Hall–Kier alpha value is -0.980. The Bertz CT molecular complexity index is 223. The molecule has 0 bridgehead atoms. The SMILES string of the molecule is CC[C@H](C)/C=C\NC1=CCCC=C1. The van der Waals surface area contributed by atoms with Crippen molar-refractivity contribution in [3.8, 4) is 0 Å². The minimum Gasteiger partial charge on any atom is -0.362 e. The van der Waals surface area contributed by atoms with Gasteiger partial charge in [0.05, 0.1) is 0 Å². The molecule has 1 nitrogen and oxygen atoms in total. The molecule has 0 radical (unpaired) electrons. The number of hydrogen-bond donors (Lipinski definition) is 1. The molecule has 0 amide bonds. The van der Waals surface area contributed by atoms with Crippen molar-refractivity contribution in [1.82, 2.24) is 5.32 Å². The van der Waals surface area contributed by atoms with Crippen LogP contribution in [0.25, 0.3) is 0 Å². The third-order valence-corrected chi connectivity index (χ3v) is 2.31. The first-order chi connectivity index (χ1) is 6.33. The molecular weight excluding hydrogens is 158 g/mol. The monoisotopic (exact) mass is 177 g/mol. The van der Waals surface area contributed by atoms with Crippen LogP contribution in [0.2, 0.25) is 0 Å². The summed E-state index contributed by atoms with van der Waals surface area (Å²) >= 11 is 0. The molecule has 1 aliphatic rings. The average Bonchev–Trinajstić information content (AvgIpc) is 2.19. The van der Waals surface area contributed by atoms with Crippen LogP contribution >= 0.6 is 0 Å². The maximum absolute atomic E-state index is 3.28. The Morgan fingerprint density at radius 2 is 2.38 bits per heavy atom. The van der Waals surface area contributed by atoms with E-state index in [1.807, 2.05) is 0 Å². The van der Waals surface area contributed by atoms with E-state index in [4.69, 9.17) is 0 Å². The van der Waals surface area contributed by atoms with Crippen LogP contribution in [-0.2, 0) is 0 Å². The van der Waals surface area contributed by atoms with Gasteiger partial charge in [0.2, 0.25) is 0 Å². The Kier molecular flexibility index (Phi) is 4.37. The Labute approximate surface area is 81.2 Å². The van der Waals surface area contributed by atoms with Crippen LogP contribution < -0.4 is 5.32 Å². The molecule has 1 rings (SSSR count). The van der Waals surface area contributed by atoms with E-state index in [9.17, 15) is 0 Å². The molecule has 0 spiro atoms. The van der Waals surface area contributed by atoms with Gasteiger partial charge < -0.3 is 5.32 Å². The third-order valence-electron chi connectivity index (χ3n) is 2.31. The molecule has 0 unspecified atom stereocenters. The van der Waals surface area contributed by atoms with E-state index in [-0.39, 0.29) is 0 Å². The second-order valence-corrected chi connectivity index (χ2v) is 3.53. The summed E-state index contributed by atoms with van der Waals surface area (Å²) in [5.41, 5.74) is 1.23. The first kappa shape index (κ1) is 10.1. The van der Waals surface area contributed by atoms with Gasteiger partial charge in [0.25, 0.3) is 0 Å². The molecule has 1 aliphatic carbocycles. The number of hydrogen-bond acceptors (Lipinski definition) is 1. The van der Waals surface area contributed by atoms with Crippen LogP contribution in [-0.4, -0.2) is 0 Å². The zero-order valence-electron chi connectivity index (χ0n) is 8.59. The summed E-state index contributed by atoms with van der Waals surface area (Å²) in [6, 6.07) is 0. The Morgan fingerprint density at radius 1 is 1.54 bits per heavy atom. The maximum atomic E-state index is 3.28. The van der Waals surface area contributed by atoms with E-state index >= 15 is 0 Å². The van der Waals surface area contributed by atoms with E-state index in [1.165, 1.54) is 18.5 Å². The van der Waals surface area contributed by atoms with E-state index in [0.29, 0.717) is 5.92 Å². The first-order valence-corrected chi connectivity index (χ1v) is 5.13. The summed E-state index contributed by atoms with van der Waals surface area (Å²) in [5, 5.41) is 3.28. The molecule has 13 heavy (non-hydrogen) atoms. The third kappa shape index (κ3) is 3.97. The van der Waals surface area contributed by atoms with Crippen LogP contribution in [0.15, 0.2) is 36.2 Å². The highest BCUT2D eigenvalue weighted by atomic mass is 14.8. The lowest BCUT2D eigenvalue weighted by atomic mass is 10.1. The van der Waals surface area contributed by atoms with E-state index in [1.54, 1.807) is 0 Å². The Balaban J connectivity index is 2.29. The fourth-order valence-electron chi connectivity index (χ4n) is 1.17. The standard InChI is InChI=1S/C12H19N/c1-3-11(2)9-10-13-12-7-5-4-6-8-12/h5,7-11,13H,3-4,6H2,1-2H3/b10-9-/t11-/m0/s1. The fourth-order valence-corrected chi connectivity index (χ4v) is 1.17. The summed E-state index contributed by atoms with van der Waals surface area (Å²) in [6.07, 6.45) is 14.4. The summed E-state index contributed by atoms with van der Waals surface area (Å²) in [4.78, 5) is 0. The average molecular weight is 177 g/mol. The highest BCUT2D eigenvalue weighted by molar-refractivity contribution is 5.21. The second kappa shape index (κ2) is 5.63. The van der Waals surface area contributed by atoms with Crippen molar-refractivity contribution >= 4 is 0 Å². The second-order valence-electron chi connectivity index (χ2n) is 3.53. The van der Waals surface area contributed by atoms with Gasteiger partial charge in [-0.1, -0.05) is 38.5 Å². The Morgan fingerprint density at radius 3 is 3.00 bits per heavy atom. The molecule has 1 heteroatoms. The molecule has 0 fully saturated rings. The minimum absolute atomic E-state index is 0.667. The van der Waals surface area contributed by atoms with Gasteiger partial charge in [-0.3, -0.25) is 0 Å². The number of nitrogens with one attached hydrogen (secondary N) is 1. The summed E-state index contributed by atoms with van der Waals surface area (Å²) in [6.45, 7) is 4.43. The summed E-state index contributed by atoms with van der Waals surface area (Å²) < 4.78 is 0. The van der Waals surface area contributed by atoms with E-state index < -0.39 is 0 Å². The summed E-state index contributed by atoms with van der Waals surface area (Å²) in [7, 11) is 0. The lowest BCUT2D eigenvalue weighted by molar-refractivity contribution is 0.694. The predicted octanol–water partition coefficient (Wildman–Crippen LogP) is 3.37. The molecule has 0 saturated carbocycles. The van der Waals surface area contributed by atoms with E-state index in [0.717, 1.165) is 6.42 Å². The lowest BCUT2D eigenvalue weighted by Crippen LogP contribution is -2.04. The van der Waals surface area contributed by atoms with Gasteiger partial charge in [0.1, 0.15) is 0 Å². The molecule has 0 aromatic carbocycles. The smallest absolute Gasteiger partial charge is 0.0335 e. The molecule has 0 aromatic rings. The van der Waals surface area contributed by atoms with Gasteiger partial charge in [0.15, 0.2) is 0 Å². The zero-order chi connectivity index (χ0) is 9.52. The summed E-state index contributed by atoms with van der Waals surface area (Å²) in [5.74, 6) is 0.667. The largest absolute Gasteiger partial charge is 0.362 e. The topological polar surface area (TPSA) is 12.0 Å². The van der Waals surface area contributed by atoms with Gasteiger partial charge in [0, 0.05) is 5.70 Å². The highest BCUT2D eigenvalue weighted by Crippen LogP contribution is 2.07. The normalized spacial score (nSPS) is 18.8. The zero-order valence-corrected chi connectivity index (χ0v) is 8.59. The van der Waals surface area contributed by atoms with Crippen LogP contribution in [0.3, 0.4) is 0 Å². The quantitative estimate of drug-likeness (QED) is 0.694. The van der Waals surface area contributed by atoms with Crippen LogP contribution in [0, 0.1) is 5.92 Å². The van der Waals surface area contributed by atoms with Gasteiger partial charge >= 0.3 is 0 Å². The number of rotatable bonds is 4. The van der Waals surface area contributed by atoms with Crippen molar-refractivity contribution in [2.45, 2.75) is 33.1 Å². The van der Waals surface area contributed by atoms with Crippen LogP contribution in [0.5, 0.6) is 0 Å². The van der Waals surface area contributed by atoms with Crippen molar-refractivity contribution in [2.24, 2.45) is 5.92 Å². The van der Waals surface area contributed by atoms with Crippen molar-refractivity contribution in [3.05, 3.63) is 36.2 Å². The molecule has 1 N–H and O–H groups in total. The molecule has 0 aromatic heterocycles. The van der Waals surface area contributed by atoms with Crippen molar-refractivity contribution in [2.75, 3.05) is 0 Å². The molecule has 0 saturated heterocycles. The molecular formula is C12H19N. The van der Waals surface area contributed by atoms with Gasteiger partial charge in [-0.25, -0.2) is 0 Å². The minimum atomic E-state index is 0.667. The highest BCUT2D eigenvalue weighted by Gasteiger charge is 1.94. The van der Waals surface area contributed by atoms with Gasteiger partial charge in [-0.15, -0.1) is 0 Å². The van der Waals surface area contributed by atoms with E-state index in [2.05, 4.69) is 49.7 Å². The van der Waals surface area contributed by atoms with Crippen molar-refractivity contribution in [1.29, 1.82) is 0 Å². The fraction of sp³-hybridized carbons (Fsp3) is 0.500. The first-order valence-electron chi connectivity index (χ1n) is 5.13. The van der Waals surface area contributed by atoms with Crippen molar-refractivity contribution in [3.63, 3.8) is 0 Å². The van der Waals surface area contributed by atoms with Gasteiger partial charge in [-0.2, -0.15) is 0 Å². The van der Waals surface area contributed by atoms with Crippen molar-refractivity contribution < 1.29 is 0 Å². The molecule has 72 valence electrons. The molecule has 0 aliphatic heterocycles. The molecule has 0 heterocycles. The maximum Gasteiger partial charge on any atom is 0.0335 e. The predicted molar refractivity (Wildman–Crippen MR) is 58.2 cm³/mol. The lowest BCUT2D eigenvalue weighted by Gasteiger charge is -2.06. The van der Waals surface area contributed by atoms with Gasteiger partial charge in [-0.05, 0) is 31.0 Å². The molecule has 1 atom stereocenters. The number of allylic oxidation sites excluding steroid dienone is 4. The van der Waals surface area contributed by atoms with Crippen LogP contribution in [0.4, 0.5) is 0 Å².